The van der Waals surface area contributed by atoms with E-state index in [1.807, 2.05) is 48.0 Å². The van der Waals surface area contributed by atoms with E-state index in [2.05, 4.69) is 10.9 Å². The van der Waals surface area contributed by atoms with Gasteiger partial charge in [-0.2, -0.15) is 0 Å². The molecular formula is C21H23N3O4. The second kappa shape index (κ2) is 9.57. The highest BCUT2D eigenvalue weighted by Gasteiger charge is 2.09. The lowest BCUT2D eigenvalue weighted by Crippen LogP contribution is -2.43. The number of benzene rings is 2. The Balaban J connectivity index is 1.47. The van der Waals surface area contributed by atoms with Crippen molar-refractivity contribution in [2.75, 3.05) is 19.8 Å². The van der Waals surface area contributed by atoms with E-state index in [1.165, 1.54) is 0 Å². The van der Waals surface area contributed by atoms with Crippen molar-refractivity contribution in [3.63, 3.8) is 0 Å². The molecule has 0 aliphatic rings. The van der Waals surface area contributed by atoms with Crippen molar-refractivity contribution in [3.8, 4) is 5.75 Å². The summed E-state index contributed by atoms with van der Waals surface area (Å²) < 4.78 is 12.5. The van der Waals surface area contributed by atoms with Gasteiger partial charge in [0.25, 0.3) is 11.8 Å². The smallest absolute Gasteiger partial charge is 0.269 e. The zero-order valence-electron chi connectivity index (χ0n) is 15.7. The van der Waals surface area contributed by atoms with Crippen LogP contribution in [-0.4, -0.2) is 36.2 Å². The maximum Gasteiger partial charge on any atom is 0.269 e. The predicted molar refractivity (Wildman–Crippen MR) is 106 cm³/mol. The number of carbonyl (C=O) groups excluding carboxylic acids is 2. The Morgan fingerprint density at radius 3 is 2.54 bits per heavy atom. The number of fused-ring (bicyclic) bond motifs is 1. The Labute approximate surface area is 163 Å². The molecule has 7 heteroatoms. The Kier molecular flexibility index (Phi) is 6.64. The SMILES string of the molecule is CCOCCOc1ccc(C(=O)NNC(=O)Cn2ccc3ccccc32)cc1. The second-order valence-corrected chi connectivity index (χ2v) is 6.07. The third-order valence-electron chi connectivity index (χ3n) is 4.13. The number of para-hydroxylation sites is 1. The molecule has 0 fully saturated rings. The maximum atomic E-state index is 12.2. The van der Waals surface area contributed by atoms with Crippen molar-refractivity contribution >= 4 is 22.7 Å². The summed E-state index contributed by atoms with van der Waals surface area (Å²) in [4.78, 5) is 24.3. The third-order valence-corrected chi connectivity index (χ3v) is 4.13. The molecule has 0 atom stereocenters. The van der Waals surface area contributed by atoms with Crippen LogP contribution < -0.4 is 15.6 Å². The van der Waals surface area contributed by atoms with Gasteiger partial charge < -0.3 is 14.0 Å². The standard InChI is InChI=1S/C21H23N3O4/c1-2-27-13-14-28-18-9-7-17(8-10-18)21(26)23-22-20(25)15-24-12-11-16-5-3-4-6-19(16)24/h3-12H,2,13-15H2,1H3,(H,22,25)(H,23,26). The van der Waals surface area contributed by atoms with Crippen LogP contribution in [0.3, 0.4) is 0 Å². The highest BCUT2D eigenvalue weighted by atomic mass is 16.5. The van der Waals surface area contributed by atoms with Gasteiger partial charge >= 0.3 is 0 Å². The number of aromatic nitrogens is 1. The molecular weight excluding hydrogens is 358 g/mol. The number of hydrogen-bond acceptors (Lipinski definition) is 4. The minimum absolute atomic E-state index is 0.112. The summed E-state index contributed by atoms with van der Waals surface area (Å²) in [5, 5.41) is 1.06. The summed E-state index contributed by atoms with van der Waals surface area (Å²) in [6.07, 6.45) is 1.84. The van der Waals surface area contributed by atoms with E-state index in [0.29, 0.717) is 31.1 Å². The van der Waals surface area contributed by atoms with Gasteiger partial charge in [-0.25, -0.2) is 0 Å². The van der Waals surface area contributed by atoms with E-state index >= 15 is 0 Å². The number of ether oxygens (including phenoxy) is 2. The summed E-state index contributed by atoms with van der Waals surface area (Å²) >= 11 is 0. The first-order valence-electron chi connectivity index (χ1n) is 9.11. The average molecular weight is 381 g/mol. The van der Waals surface area contributed by atoms with Gasteiger partial charge in [0.05, 0.1) is 6.61 Å². The van der Waals surface area contributed by atoms with Gasteiger partial charge in [0.1, 0.15) is 18.9 Å². The molecule has 7 nitrogen and oxygen atoms in total. The largest absolute Gasteiger partial charge is 0.491 e. The molecule has 1 aromatic heterocycles. The lowest BCUT2D eigenvalue weighted by molar-refractivity contribution is -0.122. The topological polar surface area (TPSA) is 81.6 Å². The van der Waals surface area contributed by atoms with Crippen molar-refractivity contribution in [1.29, 1.82) is 0 Å². The summed E-state index contributed by atoms with van der Waals surface area (Å²) in [6, 6.07) is 16.4. The number of hydrazine groups is 1. The molecule has 0 aliphatic carbocycles. The van der Waals surface area contributed by atoms with Gasteiger partial charge in [0, 0.05) is 23.9 Å². The summed E-state index contributed by atoms with van der Waals surface area (Å²) in [5.74, 6) is -0.0584. The van der Waals surface area contributed by atoms with Crippen LogP contribution in [0.1, 0.15) is 17.3 Å². The summed E-state index contributed by atoms with van der Waals surface area (Å²) in [6.45, 7) is 3.65. The van der Waals surface area contributed by atoms with Gasteiger partial charge in [-0.1, -0.05) is 18.2 Å². The van der Waals surface area contributed by atoms with E-state index in [4.69, 9.17) is 9.47 Å². The molecule has 146 valence electrons. The van der Waals surface area contributed by atoms with E-state index in [1.54, 1.807) is 24.3 Å². The van der Waals surface area contributed by atoms with E-state index in [9.17, 15) is 9.59 Å². The molecule has 0 unspecified atom stereocenters. The minimum Gasteiger partial charge on any atom is -0.491 e. The first-order chi connectivity index (χ1) is 13.7. The van der Waals surface area contributed by atoms with Crippen molar-refractivity contribution in [1.82, 2.24) is 15.4 Å². The molecule has 0 radical (unpaired) electrons. The van der Waals surface area contributed by atoms with Gasteiger partial charge in [-0.15, -0.1) is 0 Å². The molecule has 0 spiro atoms. The molecule has 3 aromatic rings. The van der Waals surface area contributed by atoms with Crippen molar-refractivity contribution in [2.24, 2.45) is 0 Å². The molecule has 0 saturated heterocycles. The van der Waals surface area contributed by atoms with Crippen LogP contribution in [0.25, 0.3) is 10.9 Å². The van der Waals surface area contributed by atoms with Crippen LogP contribution in [0.15, 0.2) is 60.8 Å². The van der Waals surface area contributed by atoms with Crippen LogP contribution in [0.4, 0.5) is 0 Å². The predicted octanol–water partition coefficient (Wildman–Crippen LogP) is 2.52. The Morgan fingerprint density at radius 1 is 0.964 bits per heavy atom. The van der Waals surface area contributed by atoms with E-state index in [0.717, 1.165) is 10.9 Å². The zero-order chi connectivity index (χ0) is 19.8. The quantitative estimate of drug-likeness (QED) is 0.464. The lowest BCUT2D eigenvalue weighted by Gasteiger charge is -2.10. The molecule has 0 aliphatic heterocycles. The molecule has 2 N–H and O–H groups in total. The number of nitrogens with zero attached hydrogens (tertiary/aromatic N) is 1. The van der Waals surface area contributed by atoms with Gasteiger partial charge in [-0.05, 0) is 48.7 Å². The average Bonchev–Trinajstić information content (AvgIpc) is 3.13. The molecule has 3 rings (SSSR count). The van der Waals surface area contributed by atoms with Crippen LogP contribution in [0, 0.1) is 0 Å². The second-order valence-electron chi connectivity index (χ2n) is 6.07. The fourth-order valence-electron chi connectivity index (χ4n) is 2.74. The van der Waals surface area contributed by atoms with Gasteiger partial charge in [-0.3, -0.25) is 20.4 Å². The molecule has 28 heavy (non-hydrogen) atoms. The van der Waals surface area contributed by atoms with Gasteiger partial charge in [0.15, 0.2) is 0 Å². The van der Waals surface area contributed by atoms with Crippen LogP contribution in [0.5, 0.6) is 5.75 Å². The maximum absolute atomic E-state index is 12.2. The number of nitrogens with one attached hydrogen (secondary N) is 2. The van der Waals surface area contributed by atoms with Gasteiger partial charge in [0.2, 0.25) is 0 Å². The molecule has 2 aromatic carbocycles. The minimum atomic E-state index is -0.397. The van der Waals surface area contributed by atoms with Crippen molar-refractivity contribution in [2.45, 2.75) is 13.5 Å². The molecule has 0 bridgehead atoms. The van der Waals surface area contributed by atoms with Crippen molar-refractivity contribution in [3.05, 3.63) is 66.4 Å². The first-order valence-corrected chi connectivity index (χ1v) is 9.11. The normalized spacial score (nSPS) is 10.6. The van der Waals surface area contributed by atoms with Crippen LogP contribution >= 0.6 is 0 Å². The fraction of sp³-hybridized carbons (Fsp3) is 0.238. The number of hydrogen-bond donors (Lipinski definition) is 2. The fourth-order valence-corrected chi connectivity index (χ4v) is 2.74. The Hall–Kier alpha value is -3.32. The highest BCUT2D eigenvalue weighted by Crippen LogP contribution is 2.14. The molecule has 0 saturated carbocycles. The lowest BCUT2D eigenvalue weighted by atomic mass is 10.2. The van der Waals surface area contributed by atoms with Crippen LogP contribution in [-0.2, 0) is 16.1 Å². The van der Waals surface area contributed by atoms with E-state index in [-0.39, 0.29) is 12.5 Å². The summed E-state index contributed by atoms with van der Waals surface area (Å²) in [5.41, 5.74) is 6.25. The zero-order valence-corrected chi connectivity index (χ0v) is 15.7. The number of rotatable bonds is 8. The highest BCUT2D eigenvalue weighted by molar-refractivity contribution is 5.95. The molecule has 1 heterocycles. The van der Waals surface area contributed by atoms with E-state index < -0.39 is 5.91 Å². The molecule has 2 amide bonds. The third kappa shape index (κ3) is 5.11. The first kappa shape index (κ1) is 19.4. The Bertz CT molecular complexity index is 934. The van der Waals surface area contributed by atoms with Crippen LogP contribution in [0.2, 0.25) is 0 Å². The number of carbonyl (C=O) groups is 2. The monoisotopic (exact) mass is 381 g/mol. The number of amides is 2. The Morgan fingerprint density at radius 2 is 1.75 bits per heavy atom. The summed E-state index contributed by atoms with van der Waals surface area (Å²) in [7, 11) is 0. The van der Waals surface area contributed by atoms with Crippen molar-refractivity contribution < 1.29 is 19.1 Å².